The van der Waals surface area contributed by atoms with E-state index in [9.17, 15) is 4.79 Å². The summed E-state index contributed by atoms with van der Waals surface area (Å²) in [5.74, 6) is 0.164. The van der Waals surface area contributed by atoms with Crippen LogP contribution >= 0.6 is 23.2 Å². The molecule has 1 aliphatic heterocycles. The second kappa shape index (κ2) is 7.29. The second-order valence-electron chi connectivity index (χ2n) is 6.77. The van der Waals surface area contributed by atoms with Gasteiger partial charge < -0.3 is 15.0 Å². The van der Waals surface area contributed by atoms with Gasteiger partial charge >= 0.3 is 6.09 Å². The van der Waals surface area contributed by atoms with Crippen LogP contribution < -0.4 is 5.32 Å². The van der Waals surface area contributed by atoms with Crippen LogP contribution in [-0.2, 0) is 4.74 Å². The quantitative estimate of drug-likeness (QED) is 0.875. The van der Waals surface area contributed by atoms with E-state index in [0.717, 1.165) is 18.7 Å². The Balaban J connectivity index is 2.21. The Morgan fingerprint density at radius 3 is 2.57 bits per heavy atom. The van der Waals surface area contributed by atoms with Gasteiger partial charge in [0.1, 0.15) is 5.60 Å². The Hall–Kier alpha value is -0.970. The largest absolute Gasteiger partial charge is 0.444 e. The van der Waals surface area contributed by atoms with Crippen molar-refractivity contribution in [1.29, 1.82) is 0 Å². The van der Waals surface area contributed by atoms with Gasteiger partial charge in [-0.15, -0.1) is 0 Å². The highest BCUT2D eigenvalue weighted by Crippen LogP contribution is 2.32. The van der Waals surface area contributed by atoms with Crippen LogP contribution in [0.1, 0.15) is 39.2 Å². The van der Waals surface area contributed by atoms with Crippen LogP contribution in [0.2, 0.25) is 10.0 Å². The molecule has 0 radical (unpaired) electrons. The predicted molar refractivity (Wildman–Crippen MR) is 94.5 cm³/mol. The van der Waals surface area contributed by atoms with E-state index in [1.165, 1.54) is 0 Å². The molecular formula is C17H24Cl2N2O2. The Kier molecular flexibility index (Phi) is 5.82. The van der Waals surface area contributed by atoms with Crippen LogP contribution in [0, 0.1) is 0 Å². The number of carbonyl (C=O) groups is 1. The zero-order chi connectivity index (χ0) is 17.2. The van der Waals surface area contributed by atoms with Gasteiger partial charge in [-0.2, -0.15) is 0 Å². The van der Waals surface area contributed by atoms with Gasteiger partial charge in [0, 0.05) is 25.6 Å². The summed E-state index contributed by atoms with van der Waals surface area (Å²) in [7, 11) is 0. The molecule has 1 N–H and O–H groups in total. The lowest BCUT2D eigenvalue weighted by molar-refractivity contribution is 0.0175. The van der Waals surface area contributed by atoms with E-state index < -0.39 is 5.60 Å². The molecule has 0 saturated carbocycles. The topological polar surface area (TPSA) is 41.6 Å². The normalized spacial score (nSPS) is 21.3. The highest BCUT2D eigenvalue weighted by atomic mass is 35.5. The van der Waals surface area contributed by atoms with Crippen molar-refractivity contribution < 1.29 is 9.53 Å². The van der Waals surface area contributed by atoms with Gasteiger partial charge in [0.15, 0.2) is 0 Å². The van der Waals surface area contributed by atoms with E-state index >= 15 is 0 Å². The van der Waals surface area contributed by atoms with Crippen molar-refractivity contribution in [2.45, 2.75) is 45.3 Å². The first-order chi connectivity index (χ1) is 10.7. The van der Waals surface area contributed by atoms with Crippen molar-refractivity contribution in [2.24, 2.45) is 0 Å². The molecule has 0 bridgehead atoms. The molecule has 1 amide bonds. The summed E-state index contributed by atoms with van der Waals surface area (Å²) in [6.45, 7) is 9.72. The van der Waals surface area contributed by atoms with E-state index in [1.807, 2.05) is 39.8 Å². The standard InChI is InChI=1S/C17H24Cl2N2O2/c1-5-21(16(22)23-17(2,3)4)15-10-20-9-12(15)11-6-7-13(18)14(19)8-11/h6-8,12,15,20H,5,9-10H2,1-4H3/t12-,15+/m0/s1. The van der Waals surface area contributed by atoms with Crippen molar-refractivity contribution in [1.82, 2.24) is 10.2 Å². The minimum absolute atomic E-state index is 0.0343. The fourth-order valence-corrected chi connectivity index (χ4v) is 3.20. The van der Waals surface area contributed by atoms with E-state index in [4.69, 9.17) is 27.9 Å². The zero-order valence-corrected chi connectivity index (χ0v) is 15.5. The first kappa shape index (κ1) is 18.4. The number of nitrogens with one attached hydrogen (secondary N) is 1. The molecule has 0 unspecified atom stereocenters. The lowest BCUT2D eigenvalue weighted by Gasteiger charge is -2.33. The number of nitrogens with zero attached hydrogens (tertiary/aromatic N) is 1. The molecule has 0 spiro atoms. The Labute approximate surface area is 148 Å². The molecule has 1 saturated heterocycles. The van der Waals surface area contributed by atoms with Gasteiger partial charge in [0.05, 0.1) is 16.1 Å². The summed E-state index contributed by atoms with van der Waals surface area (Å²) in [5, 5.41) is 4.44. The molecular weight excluding hydrogens is 335 g/mol. The lowest BCUT2D eigenvalue weighted by atomic mass is 9.93. The number of hydrogen-bond acceptors (Lipinski definition) is 3. The Morgan fingerprint density at radius 1 is 1.30 bits per heavy atom. The molecule has 1 aromatic carbocycles. The molecule has 1 heterocycles. The number of amides is 1. The zero-order valence-electron chi connectivity index (χ0n) is 14.0. The number of benzene rings is 1. The number of halogens is 2. The van der Waals surface area contributed by atoms with Crippen molar-refractivity contribution >= 4 is 29.3 Å². The molecule has 0 aromatic heterocycles. The van der Waals surface area contributed by atoms with Gasteiger partial charge in [-0.1, -0.05) is 29.3 Å². The van der Waals surface area contributed by atoms with Crippen LogP contribution in [-0.4, -0.2) is 42.3 Å². The molecule has 23 heavy (non-hydrogen) atoms. The molecule has 1 aliphatic rings. The highest BCUT2D eigenvalue weighted by Gasteiger charge is 2.36. The van der Waals surface area contributed by atoms with Crippen LogP contribution in [0.15, 0.2) is 18.2 Å². The van der Waals surface area contributed by atoms with Crippen LogP contribution in [0.3, 0.4) is 0 Å². The van der Waals surface area contributed by atoms with Crippen LogP contribution in [0.5, 0.6) is 0 Å². The predicted octanol–water partition coefficient (Wildman–Crippen LogP) is 4.31. The molecule has 6 heteroatoms. The number of hydrogen-bond donors (Lipinski definition) is 1. The second-order valence-corrected chi connectivity index (χ2v) is 7.59. The van der Waals surface area contributed by atoms with Crippen molar-refractivity contribution in [2.75, 3.05) is 19.6 Å². The summed E-state index contributed by atoms with van der Waals surface area (Å²) in [6.07, 6.45) is -0.279. The fraction of sp³-hybridized carbons (Fsp3) is 0.588. The van der Waals surface area contributed by atoms with Gasteiger partial charge in [-0.05, 0) is 45.4 Å². The van der Waals surface area contributed by atoms with Gasteiger partial charge in [-0.3, -0.25) is 0 Å². The van der Waals surface area contributed by atoms with Gasteiger partial charge in [0.2, 0.25) is 0 Å². The third-order valence-corrected chi connectivity index (χ3v) is 4.66. The van der Waals surface area contributed by atoms with Crippen LogP contribution in [0.4, 0.5) is 4.79 Å². The summed E-state index contributed by atoms with van der Waals surface area (Å²) in [4.78, 5) is 14.3. The number of carbonyl (C=O) groups excluding carboxylic acids is 1. The molecule has 1 fully saturated rings. The van der Waals surface area contributed by atoms with Crippen LogP contribution in [0.25, 0.3) is 0 Å². The van der Waals surface area contributed by atoms with E-state index in [-0.39, 0.29) is 18.1 Å². The highest BCUT2D eigenvalue weighted by molar-refractivity contribution is 6.42. The third-order valence-electron chi connectivity index (χ3n) is 3.92. The van der Waals surface area contributed by atoms with Crippen molar-refractivity contribution in [3.05, 3.63) is 33.8 Å². The summed E-state index contributed by atoms with van der Waals surface area (Å²) < 4.78 is 5.54. The van der Waals surface area contributed by atoms with Crippen molar-refractivity contribution in [3.63, 3.8) is 0 Å². The fourth-order valence-electron chi connectivity index (χ4n) is 2.89. The number of likely N-dealkylation sites (N-methyl/N-ethyl adjacent to an activating group) is 1. The first-order valence-electron chi connectivity index (χ1n) is 7.88. The maximum absolute atomic E-state index is 12.5. The summed E-state index contributed by atoms with van der Waals surface area (Å²) in [5.41, 5.74) is 0.576. The summed E-state index contributed by atoms with van der Waals surface area (Å²) >= 11 is 12.2. The maximum atomic E-state index is 12.5. The number of rotatable bonds is 3. The number of ether oxygens (including phenoxy) is 1. The average Bonchev–Trinajstić information content (AvgIpc) is 2.90. The third kappa shape index (κ3) is 4.52. The minimum atomic E-state index is -0.504. The smallest absolute Gasteiger partial charge is 0.410 e. The van der Waals surface area contributed by atoms with Gasteiger partial charge in [-0.25, -0.2) is 4.79 Å². The Bertz CT molecular complexity index is 572. The molecule has 0 aliphatic carbocycles. The van der Waals surface area contributed by atoms with Gasteiger partial charge in [0.25, 0.3) is 0 Å². The first-order valence-corrected chi connectivity index (χ1v) is 8.64. The molecule has 1 aromatic rings. The average molecular weight is 359 g/mol. The van der Waals surface area contributed by atoms with Crippen molar-refractivity contribution in [3.8, 4) is 0 Å². The monoisotopic (exact) mass is 358 g/mol. The lowest BCUT2D eigenvalue weighted by Crippen LogP contribution is -2.46. The SMILES string of the molecule is CCN(C(=O)OC(C)(C)C)[C@@H]1CNC[C@H]1c1ccc(Cl)c(Cl)c1. The molecule has 4 nitrogen and oxygen atoms in total. The molecule has 2 rings (SSSR count). The molecule has 2 atom stereocenters. The van der Waals surface area contributed by atoms with E-state index in [0.29, 0.717) is 16.6 Å². The van der Waals surface area contributed by atoms with E-state index in [2.05, 4.69) is 5.32 Å². The maximum Gasteiger partial charge on any atom is 0.410 e. The minimum Gasteiger partial charge on any atom is -0.444 e. The molecule has 128 valence electrons. The Morgan fingerprint density at radius 2 is 2.00 bits per heavy atom. The van der Waals surface area contributed by atoms with E-state index in [1.54, 1.807) is 11.0 Å². The summed E-state index contributed by atoms with van der Waals surface area (Å²) in [6, 6.07) is 5.70.